The molecule has 2 aliphatic rings. The van der Waals surface area contributed by atoms with E-state index in [-0.39, 0.29) is 23.1 Å². The first kappa shape index (κ1) is 39.1. The number of methoxy groups -OCH3 is 2. The van der Waals surface area contributed by atoms with Crippen LogP contribution in [-0.2, 0) is 19.1 Å². The van der Waals surface area contributed by atoms with Gasteiger partial charge in [-0.3, -0.25) is 14.5 Å². The van der Waals surface area contributed by atoms with E-state index in [1.54, 1.807) is 13.8 Å². The summed E-state index contributed by atoms with van der Waals surface area (Å²) in [7, 11) is 2.79. The Morgan fingerprint density at radius 3 is 1.67 bits per heavy atom. The maximum Gasteiger partial charge on any atom is 0.325 e. The number of ether oxygens (including phenoxy) is 4. The summed E-state index contributed by atoms with van der Waals surface area (Å²) < 4.78 is 21.0. The number of esters is 2. The molecule has 0 aliphatic carbocycles. The third-order valence-electron chi connectivity index (χ3n) is 7.72. The Balaban J connectivity index is 0.000000264. The second kappa shape index (κ2) is 17.2. The molecule has 11 heteroatoms. The predicted molar refractivity (Wildman–Crippen MR) is 185 cm³/mol. The van der Waals surface area contributed by atoms with E-state index < -0.39 is 9.86 Å². The maximum atomic E-state index is 12.0. The first-order valence-electron chi connectivity index (χ1n) is 15.1. The molecule has 252 valence electrons. The van der Waals surface area contributed by atoms with Gasteiger partial charge in [-0.15, -0.1) is 0 Å². The lowest BCUT2D eigenvalue weighted by Gasteiger charge is -2.46. The highest BCUT2D eigenvalue weighted by molar-refractivity contribution is 9.10. The number of benzene rings is 2. The smallest absolute Gasteiger partial charge is 0.325 e. The molecule has 2 fully saturated rings. The van der Waals surface area contributed by atoms with E-state index in [9.17, 15) is 9.59 Å². The number of rotatable bonds is 7. The molecule has 2 saturated heterocycles. The number of carbonyl (C=O) groups is 2. The number of nitrogens with zero attached hydrogens (tertiary/aromatic N) is 1. The molecular formula is C34H49BrCl2N2O6. The van der Waals surface area contributed by atoms with Crippen LogP contribution in [0.2, 0.25) is 10.0 Å². The number of carbonyl (C=O) groups excluding carboxylic acids is 2. The highest BCUT2D eigenvalue weighted by Gasteiger charge is 2.43. The Bertz CT molecular complexity index is 1210. The molecule has 2 aliphatic heterocycles. The van der Waals surface area contributed by atoms with Crippen LogP contribution in [0.3, 0.4) is 0 Å². The lowest BCUT2D eigenvalue weighted by Crippen LogP contribution is -2.59. The molecule has 8 nitrogen and oxygen atoms in total. The summed E-state index contributed by atoms with van der Waals surface area (Å²) in [6.45, 7) is 15.0. The molecule has 2 heterocycles. The van der Waals surface area contributed by atoms with Gasteiger partial charge in [0.1, 0.15) is 32.6 Å². The van der Waals surface area contributed by atoms with Gasteiger partial charge in [-0.25, -0.2) is 0 Å². The highest BCUT2D eigenvalue weighted by Crippen LogP contribution is 2.32. The molecule has 2 atom stereocenters. The minimum Gasteiger partial charge on any atom is -0.486 e. The Hall–Kier alpha value is -2.04. The molecule has 0 amide bonds. The number of likely N-dealkylation sites (tertiary alicyclic amines) is 1. The SMILES string of the molecule is CC1(Oc2ccc(Cl)cc2)CCCNC1.COC(=O)C(C)(C)Br.COC(=O)C(C)(C)N1CCCC(C)(Oc2ccc(Cl)cc2)C1. The molecule has 2 aromatic carbocycles. The monoisotopic (exact) mass is 730 g/mol. The summed E-state index contributed by atoms with van der Waals surface area (Å²) in [5, 5.41) is 4.79. The Kier molecular flexibility index (Phi) is 15.0. The number of hydrogen-bond donors (Lipinski definition) is 1. The van der Waals surface area contributed by atoms with Crippen molar-refractivity contribution in [3.8, 4) is 11.5 Å². The van der Waals surface area contributed by atoms with E-state index in [0.717, 1.165) is 55.4 Å². The molecule has 0 saturated carbocycles. The van der Waals surface area contributed by atoms with E-state index in [1.165, 1.54) is 20.6 Å². The quantitative estimate of drug-likeness (QED) is 0.229. The zero-order valence-electron chi connectivity index (χ0n) is 27.8. The van der Waals surface area contributed by atoms with Gasteiger partial charge in [-0.2, -0.15) is 0 Å². The van der Waals surface area contributed by atoms with Crippen LogP contribution >= 0.6 is 39.1 Å². The van der Waals surface area contributed by atoms with Crippen molar-refractivity contribution in [2.75, 3.05) is 40.4 Å². The normalized spacial score (nSPS) is 22.0. The molecule has 4 rings (SSSR count). The predicted octanol–water partition coefficient (Wildman–Crippen LogP) is 7.72. The zero-order valence-corrected chi connectivity index (χ0v) is 30.9. The highest BCUT2D eigenvalue weighted by atomic mass is 79.9. The van der Waals surface area contributed by atoms with Crippen molar-refractivity contribution >= 4 is 51.1 Å². The number of alkyl halides is 1. The van der Waals surface area contributed by atoms with Crippen molar-refractivity contribution in [3.05, 3.63) is 58.6 Å². The number of halogens is 3. The van der Waals surface area contributed by atoms with Crippen LogP contribution in [-0.4, -0.2) is 78.3 Å². The summed E-state index contributed by atoms with van der Waals surface area (Å²) in [4.78, 5) is 24.7. The zero-order chi connectivity index (χ0) is 33.9. The van der Waals surface area contributed by atoms with Crippen LogP contribution in [0.4, 0.5) is 0 Å². The Morgan fingerprint density at radius 2 is 1.27 bits per heavy atom. The second-order valence-electron chi connectivity index (χ2n) is 12.8. The average molecular weight is 733 g/mol. The fraction of sp³-hybridized carbons (Fsp3) is 0.588. The van der Waals surface area contributed by atoms with Gasteiger partial charge in [0.05, 0.1) is 14.2 Å². The lowest BCUT2D eigenvalue weighted by atomic mass is 9.90. The number of hydrogen-bond acceptors (Lipinski definition) is 8. The maximum absolute atomic E-state index is 12.0. The van der Waals surface area contributed by atoms with Crippen LogP contribution in [0, 0.1) is 0 Å². The summed E-state index contributed by atoms with van der Waals surface area (Å²) in [5.74, 6) is 1.22. The van der Waals surface area contributed by atoms with E-state index in [1.807, 2.05) is 62.4 Å². The fourth-order valence-corrected chi connectivity index (χ4v) is 5.49. The van der Waals surface area contributed by atoms with Gasteiger partial charge >= 0.3 is 11.9 Å². The van der Waals surface area contributed by atoms with Crippen molar-refractivity contribution in [3.63, 3.8) is 0 Å². The summed E-state index contributed by atoms with van der Waals surface area (Å²) in [6, 6.07) is 14.9. The largest absolute Gasteiger partial charge is 0.486 e. The van der Waals surface area contributed by atoms with E-state index in [2.05, 4.69) is 44.7 Å². The molecule has 0 spiro atoms. The van der Waals surface area contributed by atoms with Crippen molar-refractivity contribution in [2.24, 2.45) is 0 Å². The summed E-state index contributed by atoms with van der Waals surface area (Å²) in [5.41, 5.74) is -1.07. The van der Waals surface area contributed by atoms with Gasteiger partial charge in [0.25, 0.3) is 0 Å². The van der Waals surface area contributed by atoms with Crippen molar-refractivity contribution in [1.29, 1.82) is 0 Å². The fourth-order valence-electron chi connectivity index (χ4n) is 5.08. The van der Waals surface area contributed by atoms with E-state index in [0.29, 0.717) is 11.6 Å². The average Bonchev–Trinajstić information content (AvgIpc) is 2.99. The molecule has 2 aromatic rings. The van der Waals surface area contributed by atoms with Crippen LogP contribution in [0.1, 0.15) is 67.2 Å². The third kappa shape index (κ3) is 12.9. The van der Waals surface area contributed by atoms with Crippen molar-refractivity contribution in [1.82, 2.24) is 10.2 Å². The Morgan fingerprint density at radius 1 is 0.800 bits per heavy atom. The minimum absolute atomic E-state index is 0.0773. The minimum atomic E-state index is -0.653. The third-order valence-corrected chi connectivity index (χ3v) is 8.55. The molecular weight excluding hydrogens is 683 g/mol. The standard InChI is InChI=1S/C17H24ClNO3.C12H16ClNO.C5H9BrO2/c1-16(2,15(20)21-4)19-11-5-10-17(3,12-19)22-14-8-6-13(18)7-9-14;1-12(7-2-8-14-9-12)15-11-5-3-10(13)4-6-11;1-5(2,6)4(7)8-3/h6-9H,5,10-12H2,1-4H3;3-6,14H,2,7-9H2,1H3;1-3H3. The Labute approximate surface area is 287 Å². The van der Waals surface area contributed by atoms with Gasteiger partial charge in [-0.05, 0) is 129 Å². The van der Waals surface area contributed by atoms with Crippen molar-refractivity contribution in [2.45, 2.75) is 88.3 Å². The summed E-state index contributed by atoms with van der Waals surface area (Å²) >= 11 is 14.9. The van der Waals surface area contributed by atoms with Crippen LogP contribution < -0.4 is 14.8 Å². The molecule has 0 aromatic heterocycles. The molecule has 0 radical (unpaired) electrons. The topological polar surface area (TPSA) is 86.3 Å². The summed E-state index contributed by atoms with van der Waals surface area (Å²) in [6.07, 6.45) is 4.20. The van der Waals surface area contributed by atoms with Gasteiger partial charge < -0.3 is 24.3 Å². The van der Waals surface area contributed by atoms with Crippen molar-refractivity contribution < 1.29 is 28.5 Å². The molecule has 0 bridgehead atoms. The van der Waals surface area contributed by atoms with E-state index in [4.69, 9.17) is 37.4 Å². The van der Waals surface area contributed by atoms with Gasteiger partial charge in [0.15, 0.2) is 0 Å². The molecule has 1 N–H and O–H groups in total. The van der Waals surface area contributed by atoms with Gasteiger partial charge in [-0.1, -0.05) is 39.1 Å². The van der Waals surface area contributed by atoms with Gasteiger partial charge in [0, 0.05) is 23.1 Å². The molecule has 45 heavy (non-hydrogen) atoms. The van der Waals surface area contributed by atoms with Crippen LogP contribution in [0.15, 0.2) is 48.5 Å². The number of nitrogens with one attached hydrogen (secondary N) is 1. The second-order valence-corrected chi connectivity index (χ2v) is 15.7. The van der Waals surface area contributed by atoms with Gasteiger partial charge in [0.2, 0.25) is 0 Å². The lowest BCUT2D eigenvalue weighted by molar-refractivity contribution is -0.156. The molecule has 2 unspecified atom stereocenters. The first-order chi connectivity index (χ1) is 20.9. The van der Waals surface area contributed by atoms with Crippen LogP contribution in [0.5, 0.6) is 11.5 Å². The van der Waals surface area contributed by atoms with Crippen LogP contribution in [0.25, 0.3) is 0 Å². The first-order valence-corrected chi connectivity index (χ1v) is 16.7. The van der Waals surface area contributed by atoms with E-state index >= 15 is 0 Å². The number of piperidine rings is 2.